The van der Waals surface area contributed by atoms with Crippen LogP contribution < -0.4 is 37.2 Å². The van der Waals surface area contributed by atoms with E-state index in [0.29, 0.717) is 0 Å². The minimum atomic E-state index is -1.24. The van der Waals surface area contributed by atoms with Crippen LogP contribution >= 0.6 is 0 Å². The van der Waals surface area contributed by atoms with Gasteiger partial charge < -0.3 is 47.4 Å². The molecular formula is C7H5Cl3NO4Tb. The van der Waals surface area contributed by atoms with Crippen molar-refractivity contribution in [2.75, 3.05) is 0 Å². The Labute approximate surface area is 141 Å². The van der Waals surface area contributed by atoms with Crippen LogP contribution in [-0.2, 0) is 0 Å². The molecule has 16 heavy (non-hydrogen) atoms. The van der Waals surface area contributed by atoms with Crippen LogP contribution in [0.4, 0.5) is 0 Å². The van der Waals surface area contributed by atoms with Crippen molar-refractivity contribution >= 4 is 11.9 Å². The maximum atomic E-state index is 10.3. The van der Waals surface area contributed by atoms with Crippen LogP contribution in [0.15, 0.2) is 18.2 Å². The van der Waals surface area contributed by atoms with Crippen molar-refractivity contribution in [3.63, 3.8) is 0 Å². The fraction of sp³-hybridized carbons (Fsp3) is 0. The Hall–Kier alpha value is 0.246. The Kier molecular flexibility index (Phi) is 18.4. The quantitative estimate of drug-likeness (QED) is 0.485. The number of halogens is 3. The van der Waals surface area contributed by atoms with Gasteiger partial charge in [0.15, 0.2) is 0 Å². The number of nitrogens with zero attached hydrogens (tertiary/aromatic N) is 1. The fourth-order valence-electron chi connectivity index (χ4n) is 0.673. The van der Waals surface area contributed by atoms with Crippen molar-refractivity contribution in [1.82, 2.24) is 4.98 Å². The average Bonchev–Trinajstić information content (AvgIpc) is 2.04. The number of hydrogen-bond donors (Lipinski definition) is 2. The van der Waals surface area contributed by atoms with Gasteiger partial charge >= 0.3 is 50.6 Å². The molecule has 1 heterocycles. The van der Waals surface area contributed by atoms with Crippen molar-refractivity contribution in [1.29, 1.82) is 0 Å². The molecule has 0 saturated heterocycles. The number of carboxylic acids is 2. The van der Waals surface area contributed by atoms with Crippen molar-refractivity contribution in [2.24, 2.45) is 0 Å². The van der Waals surface area contributed by atoms with E-state index in [9.17, 15) is 9.59 Å². The summed E-state index contributed by atoms with van der Waals surface area (Å²) in [5.74, 6) is -2.48. The van der Waals surface area contributed by atoms with E-state index in [-0.39, 0.29) is 87.2 Å². The van der Waals surface area contributed by atoms with E-state index in [2.05, 4.69) is 4.98 Å². The smallest absolute Gasteiger partial charge is 1.00 e. The second-order valence-electron chi connectivity index (χ2n) is 2.02. The molecule has 0 aliphatic carbocycles. The SMILES string of the molecule is O=C(O)c1cccc(C(=O)O)n1.[Cl-].[Cl-].[Cl-].[Tb+3]. The maximum absolute atomic E-state index is 10.3. The van der Waals surface area contributed by atoms with E-state index in [1.165, 1.54) is 18.2 Å². The third kappa shape index (κ3) is 7.51. The number of rotatable bonds is 2. The van der Waals surface area contributed by atoms with Gasteiger partial charge in [0.05, 0.1) is 0 Å². The van der Waals surface area contributed by atoms with Crippen LogP contribution in [0.5, 0.6) is 0 Å². The molecule has 9 heteroatoms. The Balaban J connectivity index is -0.000000180. The van der Waals surface area contributed by atoms with Crippen LogP contribution in [0, 0.1) is 38.6 Å². The molecule has 1 aromatic rings. The Morgan fingerprint density at radius 2 is 1.25 bits per heavy atom. The molecule has 2 N–H and O–H groups in total. The first-order valence-electron chi connectivity index (χ1n) is 3.05. The van der Waals surface area contributed by atoms with E-state index < -0.39 is 11.9 Å². The van der Waals surface area contributed by atoms with Crippen LogP contribution in [0.1, 0.15) is 21.0 Å². The summed E-state index contributed by atoms with van der Waals surface area (Å²) in [6, 6.07) is 3.80. The molecule has 5 nitrogen and oxygen atoms in total. The second-order valence-corrected chi connectivity index (χ2v) is 2.02. The predicted molar refractivity (Wildman–Crippen MR) is 38.2 cm³/mol. The molecule has 0 spiro atoms. The zero-order valence-corrected chi connectivity index (χ0v) is 11.8. The van der Waals surface area contributed by atoms with Crippen molar-refractivity contribution in [3.05, 3.63) is 29.6 Å². The van der Waals surface area contributed by atoms with Crippen molar-refractivity contribution in [2.45, 2.75) is 0 Å². The van der Waals surface area contributed by atoms with E-state index in [1.807, 2.05) is 0 Å². The largest absolute Gasteiger partial charge is 3.00 e. The summed E-state index contributed by atoms with van der Waals surface area (Å²) in [7, 11) is 0. The van der Waals surface area contributed by atoms with Gasteiger partial charge in [0.25, 0.3) is 0 Å². The molecule has 0 atom stereocenters. The average molecular weight is 432 g/mol. The van der Waals surface area contributed by atoms with Gasteiger partial charge in [-0.05, 0) is 12.1 Å². The minimum absolute atomic E-state index is 0. The van der Waals surface area contributed by atoms with E-state index in [4.69, 9.17) is 10.2 Å². The summed E-state index contributed by atoms with van der Waals surface area (Å²) in [6.07, 6.45) is 0. The molecule has 0 fully saturated rings. The summed E-state index contributed by atoms with van der Waals surface area (Å²) < 4.78 is 0. The molecule has 92 valence electrons. The number of pyridine rings is 1. The van der Waals surface area contributed by atoms with Crippen molar-refractivity contribution in [3.8, 4) is 0 Å². The molecule has 0 aliphatic rings. The first-order chi connectivity index (χ1) is 5.61. The molecule has 0 aromatic carbocycles. The number of hydrogen-bond acceptors (Lipinski definition) is 3. The third-order valence-electron chi connectivity index (χ3n) is 1.19. The van der Waals surface area contributed by atoms with Gasteiger partial charge in [0.2, 0.25) is 0 Å². The molecule has 0 radical (unpaired) electrons. The first-order valence-corrected chi connectivity index (χ1v) is 3.05. The van der Waals surface area contributed by atoms with Gasteiger partial charge in [-0.15, -0.1) is 0 Å². The third-order valence-corrected chi connectivity index (χ3v) is 1.19. The first kappa shape index (κ1) is 25.2. The standard InChI is InChI=1S/C7H5NO4.3ClH.Tb/c9-6(10)4-2-1-3-5(8-4)7(11)12;;;;/h1-3H,(H,9,10)(H,11,12);3*1H;/q;;;;+3/p-3. The topological polar surface area (TPSA) is 87.5 Å². The van der Waals surface area contributed by atoms with Gasteiger partial charge in [-0.2, -0.15) is 0 Å². The maximum Gasteiger partial charge on any atom is 3.00 e. The van der Waals surface area contributed by atoms with Gasteiger partial charge in [-0.25, -0.2) is 14.6 Å². The molecule has 1 rings (SSSR count). The number of carboxylic acid groups (broad SMARTS) is 2. The minimum Gasteiger partial charge on any atom is -1.00 e. The summed E-state index contributed by atoms with van der Waals surface area (Å²) in [5.41, 5.74) is -0.537. The molecule has 0 aliphatic heterocycles. The van der Waals surface area contributed by atoms with E-state index in [0.717, 1.165) is 0 Å². The molecular weight excluding hydrogens is 427 g/mol. The summed E-state index contributed by atoms with van der Waals surface area (Å²) in [4.78, 5) is 24.0. The van der Waals surface area contributed by atoms with Crippen LogP contribution in [0.2, 0.25) is 0 Å². The predicted octanol–water partition coefficient (Wildman–Crippen LogP) is -8.51. The molecule has 0 unspecified atom stereocenters. The Morgan fingerprint density at radius 1 is 0.938 bits per heavy atom. The van der Waals surface area contributed by atoms with E-state index in [1.54, 1.807) is 0 Å². The zero-order chi connectivity index (χ0) is 9.14. The number of carbonyl (C=O) groups is 2. The van der Waals surface area contributed by atoms with Gasteiger partial charge in [0.1, 0.15) is 11.4 Å². The zero-order valence-electron chi connectivity index (χ0n) is 7.36. The molecule has 1 aromatic heterocycles. The molecule has 0 saturated carbocycles. The number of aromatic carboxylic acids is 2. The van der Waals surface area contributed by atoms with E-state index >= 15 is 0 Å². The Morgan fingerprint density at radius 3 is 1.50 bits per heavy atom. The monoisotopic (exact) mass is 431 g/mol. The fourth-order valence-corrected chi connectivity index (χ4v) is 0.673. The van der Waals surface area contributed by atoms with Crippen LogP contribution in [-0.4, -0.2) is 27.1 Å². The summed E-state index contributed by atoms with van der Waals surface area (Å²) >= 11 is 0. The van der Waals surface area contributed by atoms with Crippen molar-refractivity contribution < 1.29 is 95.6 Å². The van der Waals surface area contributed by atoms with Crippen LogP contribution in [0.3, 0.4) is 0 Å². The summed E-state index contributed by atoms with van der Waals surface area (Å²) in [5, 5.41) is 16.9. The number of aromatic nitrogens is 1. The van der Waals surface area contributed by atoms with Crippen LogP contribution in [0.25, 0.3) is 0 Å². The summed E-state index contributed by atoms with van der Waals surface area (Å²) in [6.45, 7) is 0. The molecule has 0 bridgehead atoms. The normalized spacial score (nSPS) is 7.00. The second kappa shape index (κ2) is 11.7. The molecule has 0 amide bonds. The Bertz CT molecular complexity index is 321. The van der Waals surface area contributed by atoms with Gasteiger partial charge in [-0.3, -0.25) is 0 Å². The van der Waals surface area contributed by atoms with Gasteiger partial charge in [-0.1, -0.05) is 6.07 Å². The van der Waals surface area contributed by atoms with Gasteiger partial charge in [0, 0.05) is 0 Å².